The molecule has 1 aromatic carbocycles. The van der Waals surface area contributed by atoms with Gasteiger partial charge in [0.2, 0.25) is 0 Å². The van der Waals surface area contributed by atoms with E-state index >= 15 is 0 Å². The van der Waals surface area contributed by atoms with Crippen molar-refractivity contribution in [1.29, 1.82) is 5.26 Å². The molecule has 0 saturated heterocycles. The Balaban J connectivity index is 1.75. The van der Waals surface area contributed by atoms with Crippen LogP contribution in [0.5, 0.6) is 0 Å². The maximum atomic E-state index is 12.7. The summed E-state index contributed by atoms with van der Waals surface area (Å²) in [6.45, 7) is 6.86. The third kappa shape index (κ3) is 5.42. The molecular formula is C24H25N3O3S2. The van der Waals surface area contributed by atoms with Crippen molar-refractivity contribution in [3.63, 3.8) is 0 Å². The fourth-order valence-corrected chi connectivity index (χ4v) is 4.74. The van der Waals surface area contributed by atoms with Crippen LogP contribution < -0.4 is 5.32 Å². The molecule has 0 saturated carbocycles. The van der Waals surface area contributed by atoms with Crippen molar-refractivity contribution in [3.8, 4) is 27.2 Å². The van der Waals surface area contributed by atoms with Crippen molar-refractivity contribution < 1.29 is 14.3 Å². The van der Waals surface area contributed by atoms with Crippen LogP contribution in [0.25, 0.3) is 21.1 Å². The number of nitriles is 1. The van der Waals surface area contributed by atoms with Crippen LogP contribution in [0.15, 0.2) is 47.8 Å². The Bertz CT molecular complexity index is 1120. The number of rotatable bonds is 8. The predicted molar refractivity (Wildman–Crippen MR) is 127 cm³/mol. The van der Waals surface area contributed by atoms with E-state index in [0.29, 0.717) is 0 Å². The van der Waals surface area contributed by atoms with Gasteiger partial charge in [-0.05, 0) is 31.2 Å². The van der Waals surface area contributed by atoms with Crippen molar-refractivity contribution in [1.82, 2.24) is 10.3 Å². The summed E-state index contributed by atoms with van der Waals surface area (Å²) in [5.74, 6) is -1.11. The molecule has 0 radical (unpaired) electrons. The summed E-state index contributed by atoms with van der Waals surface area (Å²) < 4.78 is 5.40. The van der Waals surface area contributed by atoms with Crippen LogP contribution in [0.2, 0.25) is 0 Å². The Morgan fingerprint density at radius 3 is 2.50 bits per heavy atom. The monoisotopic (exact) mass is 467 g/mol. The first-order valence-corrected chi connectivity index (χ1v) is 11.9. The van der Waals surface area contributed by atoms with Gasteiger partial charge in [-0.3, -0.25) is 9.59 Å². The number of thiazole rings is 1. The number of thiophene rings is 1. The average Bonchev–Trinajstić information content (AvgIpc) is 3.44. The second-order valence-electron chi connectivity index (χ2n) is 7.90. The number of nitrogens with one attached hydrogen (secondary N) is 1. The quantitative estimate of drug-likeness (QED) is 0.467. The van der Waals surface area contributed by atoms with E-state index in [2.05, 4.69) is 11.4 Å². The molecule has 2 aromatic heterocycles. The fourth-order valence-electron chi connectivity index (χ4n) is 2.86. The van der Waals surface area contributed by atoms with E-state index in [-0.39, 0.29) is 12.3 Å². The second-order valence-corrected chi connectivity index (χ2v) is 9.93. The van der Waals surface area contributed by atoms with E-state index in [1.807, 2.05) is 61.7 Å². The highest BCUT2D eigenvalue weighted by Crippen LogP contribution is 2.36. The third-order valence-electron chi connectivity index (χ3n) is 5.22. The van der Waals surface area contributed by atoms with Gasteiger partial charge in [-0.1, -0.05) is 50.2 Å². The molecule has 32 heavy (non-hydrogen) atoms. The first kappa shape index (κ1) is 23.6. The van der Waals surface area contributed by atoms with Crippen LogP contribution in [-0.2, 0) is 20.7 Å². The molecule has 0 aliphatic heterocycles. The molecule has 0 aliphatic carbocycles. The van der Waals surface area contributed by atoms with Gasteiger partial charge < -0.3 is 10.1 Å². The predicted octanol–water partition coefficient (Wildman–Crippen LogP) is 5.07. The molecular weight excluding hydrogens is 442 g/mol. The van der Waals surface area contributed by atoms with Crippen molar-refractivity contribution >= 4 is 34.6 Å². The van der Waals surface area contributed by atoms with Gasteiger partial charge in [0.1, 0.15) is 10.5 Å². The molecule has 8 heteroatoms. The molecule has 3 rings (SSSR count). The van der Waals surface area contributed by atoms with E-state index in [9.17, 15) is 14.9 Å². The van der Waals surface area contributed by atoms with Gasteiger partial charge in [-0.15, -0.1) is 22.7 Å². The van der Waals surface area contributed by atoms with Crippen LogP contribution in [0, 0.1) is 17.2 Å². The maximum Gasteiger partial charge on any atom is 0.311 e. The minimum Gasteiger partial charge on any atom is -0.452 e. The lowest BCUT2D eigenvalue weighted by molar-refractivity contribution is -0.154. The summed E-state index contributed by atoms with van der Waals surface area (Å²) in [4.78, 5) is 31.7. The highest BCUT2D eigenvalue weighted by Gasteiger charge is 2.32. The van der Waals surface area contributed by atoms with Crippen LogP contribution in [-0.4, -0.2) is 28.5 Å². The van der Waals surface area contributed by atoms with Crippen molar-refractivity contribution in [2.24, 2.45) is 5.92 Å². The summed E-state index contributed by atoms with van der Waals surface area (Å²) >= 11 is 3.00. The second kappa shape index (κ2) is 10.1. The molecule has 0 bridgehead atoms. The molecule has 3 aromatic rings. The standard InChI is InChI=1S/C24H25N3O3S2/c1-15(2)24(4,14-25)27-22(29)16(3)30-20(28)13-19-21(18-11-8-12-31-18)26-23(32-19)17-9-6-5-7-10-17/h5-12,15-16H,13H2,1-4H3,(H,27,29). The zero-order valence-electron chi connectivity index (χ0n) is 18.4. The Hall–Kier alpha value is -3.02. The number of carbonyl (C=O) groups is 2. The Morgan fingerprint density at radius 1 is 1.19 bits per heavy atom. The first-order valence-electron chi connectivity index (χ1n) is 10.2. The van der Waals surface area contributed by atoms with Gasteiger partial charge in [0.05, 0.1) is 23.1 Å². The van der Waals surface area contributed by atoms with Crippen LogP contribution in [0.1, 0.15) is 32.6 Å². The Morgan fingerprint density at radius 2 is 1.91 bits per heavy atom. The van der Waals surface area contributed by atoms with E-state index in [0.717, 1.165) is 26.0 Å². The fraction of sp³-hybridized carbons (Fsp3) is 0.333. The maximum absolute atomic E-state index is 12.7. The number of aromatic nitrogens is 1. The lowest BCUT2D eigenvalue weighted by Crippen LogP contribution is -2.52. The smallest absolute Gasteiger partial charge is 0.311 e. The molecule has 1 N–H and O–H groups in total. The molecule has 2 unspecified atom stereocenters. The lowest BCUT2D eigenvalue weighted by Gasteiger charge is -2.28. The average molecular weight is 468 g/mol. The summed E-state index contributed by atoms with van der Waals surface area (Å²) in [5, 5.41) is 14.9. The number of hydrogen-bond acceptors (Lipinski definition) is 7. The van der Waals surface area contributed by atoms with Crippen molar-refractivity contribution in [2.75, 3.05) is 0 Å². The van der Waals surface area contributed by atoms with Crippen molar-refractivity contribution in [2.45, 2.75) is 45.8 Å². The van der Waals surface area contributed by atoms with E-state index < -0.39 is 23.5 Å². The number of carbonyl (C=O) groups excluding carboxylic acids is 2. The molecule has 0 spiro atoms. The highest BCUT2D eigenvalue weighted by molar-refractivity contribution is 7.17. The number of esters is 1. The molecule has 6 nitrogen and oxygen atoms in total. The largest absolute Gasteiger partial charge is 0.452 e. The zero-order valence-corrected chi connectivity index (χ0v) is 20.0. The molecule has 1 amide bonds. The number of nitrogens with zero attached hydrogens (tertiary/aromatic N) is 2. The summed E-state index contributed by atoms with van der Waals surface area (Å²) in [7, 11) is 0. The SMILES string of the molecule is CC(OC(=O)Cc1sc(-c2ccccc2)nc1-c1cccs1)C(=O)NC(C)(C#N)C(C)C. The normalized spacial score (nSPS) is 13.8. The molecule has 0 fully saturated rings. The van der Waals surface area contributed by atoms with Gasteiger partial charge >= 0.3 is 5.97 Å². The number of ether oxygens (including phenoxy) is 1. The Labute approximate surface area is 195 Å². The van der Waals surface area contributed by atoms with Gasteiger partial charge in [0, 0.05) is 10.4 Å². The summed E-state index contributed by atoms with van der Waals surface area (Å²) in [6, 6.07) is 15.8. The molecule has 2 atom stereocenters. The topological polar surface area (TPSA) is 92.1 Å². The van der Waals surface area contributed by atoms with Crippen LogP contribution >= 0.6 is 22.7 Å². The number of amides is 1. The first-order chi connectivity index (χ1) is 15.2. The third-order valence-corrected chi connectivity index (χ3v) is 7.21. The van der Waals surface area contributed by atoms with Gasteiger partial charge in [0.25, 0.3) is 5.91 Å². The van der Waals surface area contributed by atoms with Crippen LogP contribution in [0.4, 0.5) is 0 Å². The number of hydrogen-bond donors (Lipinski definition) is 1. The summed E-state index contributed by atoms with van der Waals surface area (Å²) in [6.07, 6.45) is -1.00. The van der Waals surface area contributed by atoms with E-state index in [1.54, 1.807) is 18.3 Å². The van der Waals surface area contributed by atoms with E-state index in [1.165, 1.54) is 18.3 Å². The van der Waals surface area contributed by atoms with Gasteiger partial charge in [-0.2, -0.15) is 5.26 Å². The molecule has 166 valence electrons. The van der Waals surface area contributed by atoms with Gasteiger partial charge in [-0.25, -0.2) is 4.98 Å². The lowest BCUT2D eigenvalue weighted by atomic mass is 9.90. The zero-order chi connectivity index (χ0) is 23.3. The summed E-state index contributed by atoms with van der Waals surface area (Å²) in [5.41, 5.74) is 0.703. The minimum atomic E-state index is -1.04. The van der Waals surface area contributed by atoms with Crippen molar-refractivity contribution in [3.05, 3.63) is 52.7 Å². The van der Waals surface area contributed by atoms with Crippen LogP contribution in [0.3, 0.4) is 0 Å². The minimum absolute atomic E-state index is 0.00898. The molecule has 2 heterocycles. The molecule has 0 aliphatic rings. The highest BCUT2D eigenvalue weighted by atomic mass is 32.1. The van der Waals surface area contributed by atoms with Gasteiger partial charge in [0.15, 0.2) is 6.10 Å². The number of benzene rings is 1. The van der Waals surface area contributed by atoms with E-state index in [4.69, 9.17) is 9.72 Å². The Kier molecular flexibility index (Phi) is 7.44.